The summed E-state index contributed by atoms with van der Waals surface area (Å²) in [7, 11) is 0. The van der Waals surface area contributed by atoms with Gasteiger partial charge in [-0.2, -0.15) is 13.2 Å². The lowest BCUT2D eigenvalue weighted by molar-refractivity contribution is -0.136. The van der Waals surface area contributed by atoms with Crippen molar-refractivity contribution in [1.29, 1.82) is 0 Å². The molecule has 0 atom stereocenters. The molecule has 2 N–H and O–H groups in total. The van der Waals surface area contributed by atoms with Crippen molar-refractivity contribution in [1.82, 2.24) is 10.1 Å². The number of rotatable bonds is 0. The van der Waals surface area contributed by atoms with Gasteiger partial charge in [0.1, 0.15) is 0 Å². The number of hydrogen-bond acceptors (Lipinski definition) is 4. The Morgan fingerprint density at radius 1 is 1.36 bits per heavy atom. The number of fused-ring (bicyclic) bond motifs is 1. The summed E-state index contributed by atoms with van der Waals surface area (Å²) in [5.41, 5.74) is 4.13. The summed E-state index contributed by atoms with van der Waals surface area (Å²) in [6.07, 6.45) is -3.49. The van der Waals surface area contributed by atoms with Crippen LogP contribution in [0.3, 0.4) is 0 Å². The normalized spacial score (nSPS) is 12.2. The Hall–Kier alpha value is -1.79. The third-order valence-corrected chi connectivity index (χ3v) is 1.71. The lowest BCUT2D eigenvalue weighted by atomic mass is 10.2. The molecule has 0 unspecified atom stereocenters. The summed E-state index contributed by atoms with van der Waals surface area (Å²) in [5.74, 6) is -0.305. The van der Waals surface area contributed by atoms with Gasteiger partial charge in [-0.1, -0.05) is 5.16 Å². The van der Waals surface area contributed by atoms with Gasteiger partial charge in [0.05, 0.1) is 10.9 Å². The third-order valence-electron chi connectivity index (χ3n) is 1.71. The molecule has 0 fully saturated rings. The van der Waals surface area contributed by atoms with Crippen LogP contribution in [0.25, 0.3) is 11.1 Å². The van der Waals surface area contributed by atoms with Crippen LogP contribution in [0.1, 0.15) is 5.56 Å². The minimum atomic E-state index is -4.49. The van der Waals surface area contributed by atoms with E-state index in [1.54, 1.807) is 0 Å². The van der Waals surface area contributed by atoms with E-state index in [-0.39, 0.29) is 16.9 Å². The summed E-state index contributed by atoms with van der Waals surface area (Å²) in [4.78, 5) is 3.57. The highest BCUT2D eigenvalue weighted by molar-refractivity contribution is 5.87. The van der Waals surface area contributed by atoms with E-state index in [1.807, 2.05) is 0 Å². The second kappa shape index (κ2) is 2.60. The minimum absolute atomic E-state index is 0.211. The fourth-order valence-electron chi connectivity index (χ4n) is 1.13. The van der Waals surface area contributed by atoms with Crippen molar-refractivity contribution < 1.29 is 17.7 Å². The van der Waals surface area contributed by atoms with Gasteiger partial charge in [-0.3, -0.25) is 0 Å². The molecule has 0 spiro atoms. The van der Waals surface area contributed by atoms with Gasteiger partial charge in [0, 0.05) is 6.20 Å². The molecule has 2 heterocycles. The van der Waals surface area contributed by atoms with Crippen LogP contribution in [0.2, 0.25) is 0 Å². The maximum Gasteiger partial charge on any atom is 0.417 e. The Labute approximate surface area is 75.5 Å². The molecule has 0 aliphatic carbocycles. The number of aromatic nitrogens is 2. The Morgan fingerprint density at radius 2 is 2.07 bits per heavy atom. The zero-order valence-electron chi connectivity index (χ0n) is 6.67. The van der Waals surface area contributed by atoms with Crippen molar-refractivity contribution in [2.75, 3.05) is 5.73 Å². The molecule has 74 valence electrons. The first-order chi connectivity index (χ1) is 6.50. The standard InChI is InChI=1S/C7H4F3N3O/c8-7(9,10)3-1-2-12-6-4(3)5(11)13-14-6/h1-2H,(H2,11,13). The maximum atomic E-state index is 12.4. The predicted octanol–water partition coefficient (Wildman–Crippen LogP) is 1.82. The van der Waals surface area contributed by atoms with Gasteiger partial charge in [0.2, 0.25) is 0 Å². The second-order valence-corrected chi connectivity index (χ2v) is 2.60. The van der Waals surface area contributed by atoms with Gasteiger partial charge in [0.25, 0.3) is 5.71 Å². The van der Waals surface area contributed by atoms with E-state index >= 15 is 0 Å². The number of nitrogen functional groups attached to an aromatic ring is 1. The molecular formula is C7H4F3N3O. The highest BCUT2D eigenvalue weighted by Gasteiger charge is 2.34. The largest absolute Gasteiger partial charge is 0.417 e. The zero-order valence-corrected chi connectivity index (χ0v) is 6.67. The molecule has 0 aromatic carbocycles. The van der Waals surface area contributed by atoms with Crippen LogP contribution in [-0.4, -0.2) is 10.1 Å². The fraction of sp³-hybridized carbons (Fsp3) is 0.143. The molecule has 0 aliphatic rings. The van der Waals surface area contributed by atoms with Gasteiger partial charge in [-0.25, -0.2) is 4.98 Å². The van der Waals surface area contributed by atoms with Gasteiger partial charge < -0.3 is 10.3 Å². The first kappa shape index (κ1) is 8.79. The van der Waals surface area contributed by atoms with E-state index < -0.39 is 11.7 Å². The molecule has 2 aromatic heterocycles. The lowest BCUT2D eigenvalue weighted by Gasteiger charge is -2.05. The summed E-state index contributed by atoms with van der Waals surface area (Å²) in [6.45, 7) is 0. The molecule has 0 bridgehead atoms. The van der Waals surface area contributed by atoms with Crippen molar-refractivity contribution in [2.45, 2.75) is 6.18 Å². The topological polar surface area (TPSA) is 64.9 Å². The van der Waals surface area contributed by atoms with Crippen molar-refractivity contribution in [2.24, 2.45) is 0 Å². The quantitative estimate of drug-likeness (QED) is 0.709. The zero-order chi connectivity index (χ0) is 10.3. The van der Waals surface area contributed by atoms with Crippen LogP contribution in [0.15, 0.2) is 16.8 Å². The van der Waals surface area contributed by atoms with E-state index in [0.717, 1.165) is 12.3 Å². The van der Waals surface area contributed by atoms with E-state index in [9.17, 15) is 13.2 Å². The molecule has 2 aromatic rings. The van der Waals surface area contributed by atoms with Gasteiger partial charge in [-0.05, 0) is 6.07 Å². The number of nitrogens with two attached hydrogens (primary N) is 1. The van der Waals surface area contributed by atoms with E-state index in [1.165, 1.54) is 0 Å². The molecular weight excluding hydrogens is 199 g/mol. The predicted molar refractivity (Wildman–Crippen MR) is 41.2 cm³/mol. The molecule has 0 radical (unpaired) electrons. The molecule has 0 aliphatic heterocycles. The Kier molecular flexibility index (Phi) is 1.63. The van der Waals surface area contributed by atoms with E-state index in [2.05, 4.69) is 14.7 Å². The van der Waals surface area contributed by atoms with Crippen molar-refractivity contribution in [3.63, 3.8) is 0 Å². The number of halogens is 3. The summed E-state index contributed by atoms with van der Waals surface area (Å²) in [6, 6.07) is 0.829. The maximum absolute atomic E-state index is 12.4. The van der Waals surface area contributed by atoms with Crippen LogP contribution < -0.4 is 5.73 Å². The summed E-state index contributed by atoms with van der Waals surface area (Å²) >= 11 is 0. The van der Waals surface area contributed by atoms with Gasteiger partial charge in [-0.15, -0.1) is 0 Å². The van der Waals surface area contributed by atoms with E-state index in [0.29, 0.717) is 0 Å². The number of nitrogens with zero attached hydrogens (tertiary/aromatic N) is 2. The highest BCUT2D eigenvalue weighted by atomic mass is 19.4. The number of anilines is 1. The molecule has 2 rings (SSSR count). The Morgan fingerprint density at radius 3 is 2.71 bits per heavy atom. The molecule has 4 nitrogen and oxygen atoms in total. The Bertz CT molecular complexity index is 476. The lowest BCUT2D eigenvalue weighted by Crippen LogP contribution is -2.06. The summed E-state index contributed by atoms with van der Waals surface area (Å²) < 4.78 is 41.8. The second-order valence-electron chi connectivity index (χ2n) is 2.60. The molecule has 14 heavy (non-hydrogen) atoms. The summed E-state index contributed by atoms with van der Waals surface area (Å²) in [5, 5.41) is 2.92. The third kappa shape index (κ3) is 1.17. The Balaban J connectivity index is 2.82. The van der Waals surface area contributed by atoms with Gasteiger partial charge >= 0.3 is 6.18 Å². The smallest absolute Gasteiger partial charge is 0.380 e. The van der Waals surface area contributed by atoms with Gasteiger partial charge in [0.15, 0.2) is 5.82 Å². The molecule has 7 heteroatoms. The van der Waals surface area contributed by atoms with Crippen molar-refractivity contribution >= 4 is 16.9 Å². The van der Waals surface area contributed by atoms with Crippen LogP contribution in [0.5, 0.6) is 0 Å². The SMILES string of the molecule is Nc1noc2nccc(C(F)(F)F)c12. The van der Waals surface area contributed by atoms with Crippen molar-refractivity contribution in [3.05, 3.63) is 17.8 Å². The molecule has 0 saturated heterocycles. The number of alkyl halides is 3. The van der Waals surface area contributed by atoms with Crippen LogP contribution in [-0.2, 0) is 6.18 Å². The first-order valence-electron chi connectivity index (χ1n) is 3.57. The molecule has 0 amide bonds. The van der Waals surface area contributed by atoms with Crippen LogP contribution in [0, 0.1) is 0 Å². The number of hydrogen-bond donors (Lipinski definition) is 1. The fourth-order valence-corrected chi connectivity index (χ4v) is 1.13. The highest BCUT2D eigenvalue weighted by Crippen LogP contribution is 2.36. The monoisotopic (exact) mass is 203 g/mol. The number of pyridine rings is 1. The minimum Gasteiger partial charge on any atom is -0.380 e. The van der Waals surface area contributed by atoms with Crippen LogP contribution in [0.4, 0.5) is 19.0 Å². The molecule has 0 saturated carbocycles. The first-order valence-corrected chi connectivity index (χ1v) is 3.57. The van der Waals surface area contributed by atoms with Crippen LogP contribution >= 0.6 is 0 Å². The average molecular weight is 203 g/mol. The van der Waals surface area contributed by atoms with Crippen molar-refractivity contribution in [3.8, 4) is 0 Å². The average Bonchev–Trinajstić information content (AvgIpc) is 2.46. The van der Waals surface area contributed by atoms with E-state index in [4.69, 9.17) is 5.73 Å².